The highest BCUT2D eigenvalue weighted by Crippen LogP contribution is 2.39. The Labute approximate surface area is 134 Å². The number of nitrogens with zero attached hydrogens (tertiary/aromatic N) is 2. The summed E-state index contributed by atoms with van der Waals surface area (Å²) in [4.78, 5) is 0. The van der Waals surface area contributed by atoms with Gasteiger partial charge in [-0.05, 0) is 50.4 Å². The summed E-state index contributed by atoms with van der Waals surface area (Å²) in [6.07, 6.45) is 0.760. The van der Waals surface area contributed by atoms with Crippen molar-refractivity contribution in [1.82, 2.24) is 9.78 Å². The van der Waals surface area contributed by atoms with E-state index in [1.807, 2.05) is 19.1 Å². The molecule has 2 N–H and O–H groups in total. The van der Waals surface area contributed by atoms with Crippen LogP contribution in [0.25, 0.3) is 0 Å². The molecule has 0 saturated heterocycles. The van der Waals surface area contributed by atoms with Crippen LogP contribution in [0.2, 0.25) is 0 Å². The van der Waals surface area contributed by atoms with Gasteiger partial charge >= 0.3 is 0 Å². The van der Waals surface area contributed by atoms with Crippen molar-refractivity contribution in [2.24, 2.45) is 7.05 Å². The fourth-order valence-electron chi connectivity index (χ4n) is 1.81. The summed E-state index contributed by atoms with van der Waals surface area (Å²) in [5.41, 5.74) is 7.44. The number of nitrogen functional groups attached to an aromatic ring is 1. The maximum Gasteiger partial charge on any atom is 0.241 e. The average Bonchev–Trinajstić information content (AvgIpc) is 2.69. The van der Waals surface area contributed by atoms with E-state index < -0.39 is 0 Å². The Morgan fingerprint density at radius 2 is 1.85 bits per heavy atom. The first-order chi connectivity index (χ1) is 9.47. The van der Waals surface area contributed by atoms with Crippen LogP contribution in [0, 0.1) is 0 Å². The first-order valence-electron chi connectivity index (χ1n) is 6.00. The van der Waals surface area contributed by atoms with Crippen molar-refractivity contribution >= 4 is 37.5 Å². The smallest absolute Gasteiger partial charge is 0.241 e. The van der Waals surface area contributed by atoms with Crippen LogP contribution in [0.3, 0.4) is 0 Å². The topological polar surface area (TPSA) is 62.3 Å². The van der Waals surface area contributed by atoms with E-state index in [0.717, 1.165) is 26.8 Å². The molecule has 0 radical (unpaired) electrons. The summed E-state index contributed by atoms with van der Waals surface area (Å²) in [5, 5.41) is 4.33. The minimum absolute atomic E-state index is 0.527. The van der Waals surface area contributed by atoms with Gasteiger partial charge in [-0.1, -0.05) is 6.92 Å². The molecule has 1 heterocycles. The molecule has 1 aromatic carbocycles. The third-order valence-corrected chi connectivity index (χ3v) is 4.09. The van der Waals surface area contributed by atoms with Crippen molar-refractivity contribution in [1.29, 1.82) is 0 Å². The van der Waals surface area contributed by atoms with Crippen molar-refractivity contribution < 1.29 is 9.47 Å². The second-order valence-electron chi connectivity index (χ2n) is 4.16. The number of ether oxygens (including phenoxy) is 2. The molecular weight excluding hydrogens is 390 g/mol. The van der Waals surface area contributed by atoms with E-state index in [1.54, 1.807) is 18.8 Å². The summed E-state index contributed by atoms with van der Waals surface area (Å²) >= 11 is 6.89. The minimum Gasteiger partial charge on any atom is -0.496 e. The van der Waals surface area contributed by atoms with Gasteiger partial charge in [0.25, 0.3) is 0 Å². The monoisotopic (exact) mass is 403 g/mol. The van der Waals surface area contributed by atoms with Crippen molar-refractivity contribution in [3.05, 3.63) is 26.8 Å². The van der Waals surface area contributed by atoms with Crippen LogP contribution in [0.4, 0.5) is 5.69 Å². The van der Waals surface area contributed by atoms with Gasteiger partial charge in [-0.25, -0.2) is 4.68 Å². The van der Waals surface area contributed by atoms with Gasteiger partial charge in [0.15, 0.2) is 0 Å². The van der Waals surface area contributed by atoms with Crippen molar-refractivity contribution in [2.45, 2.75) is 13.3 Å². The Bertz CT molecular complexity index is 641. The first kappa shape index (κ1) is 15.2. The number of methoxy groups -OCH3 is 1. The Kier molecular flexibility index (Phi) is 4.59. The first-order valence-corrected chi connectivity index (χ1v) is 7.58. The maximum absolute atomic E-state index is 6.05. The molecule has 0 aliphatic carbocycles. The number of halogens is 2. The van der Waals surface area contributed by atoms with Crippen LogP contribution >= 0.6 is 31.9 Å². The molecule has 108 valence electrons. The molecule has 1 aromatic heterocycles. The molecule has 0 saturated carbocycles. The van der Waals surface area contributed by atoms with Crippen LogP contribution in [-0.2, 0) is 13.5 Å². The number of aromatic nitrogens is 2. The van der Waals surface area contributed by atoms with E-state index in [-0.39, 0.29) is 0 Å². The van der Waals surface area contributed by atoms with E-state index in [9.17, 15) is 0 Å². The van der Waals surface area contributed by atoms with Gasteiger partial charge in [0.2, 0.25) is 5.88 Å². The van der Waals surface area contributed by atoms with Gasteiger partial charge in [-0.3, -0.25) is 0 Å². The zero-order valence-corrected chi connectivity index (χ0v) is 14.6. The summed E-state index contributed by atoms with van der Waals surface area (Å²) in [5.74, 6) is 1.88. The van der Waals surface area contributed by atoms with Gasteiger partial charge in [-0.2, -0.15) is 5.10 Å². The van der Waals surface area contributed by atoms with E-state index in [2.05, 4.69) is 37.0 Å². The van der Waals surface area contributed by atoms with Crippen molar-refractivity contribution in [2.75, 3.05) is 12.8 Å². The molecule has 0 amide bonds. The fourth-order valence-corrected chi connectivity index (χ4v) is 2.70. The lowest BCUT2D eigenvalue weighted by Gasteiger charge is -2.11. The second-order valence-corrected chi connectivity index (χ2v) is 5.87. The highest BCUT2D eigenvalue weighted by atomic mass is 79.9. The third kappa shape index (κ3) is 2.78. The van der Waals surface area contributed by atoms with Gasteiger partial charge in [0, 0.05) is 7.05 Å². The second kappa shape index (κ2) is 6.05. The van der Waals surface area contributed by atoms with Gasteiger partial charge in [-0.15, -0.1) is 0 Å². The van der Waals surface area contributed by atoms with Crippen LogP contribution < -0.4 is 15.2 Å². The predicted molar refractivity (Wildman–Crippen MR) is 85.5 cm³/mol. The van der Waals surface area contributed by atoms with Gasteiger partial charge < -0.3 is 15.2 Å². The van der Waals surface area contributed by atoms with Gasteiger partial charge in [0.05, 0.1) is 21.7 Å². The highest BCUT2D eigenvalue weighted by molar-refractivity contribution is 9.11. The Hall–Kier alpha value is -1.21. The molecule has 0 aliphatic heterocycles. The van der Waals surface area contributed by atoms with E-state index in [1.165, 1.54) is 0 Å². The highest BCUT2D eigenvalue weighted by Gasteiger charge is 2.16. The molecule has 0 fully saturated rings. The SMILES string of the molecule is CCc1nn(C)c(Oc2cc(Br)c(OC)cc2Br)c1N. The molecule has 2 aromatic rings. The molecule has 5 nitrogen and oxygen atoms in total. The Balaban J connectivity index is 2.40. The lowest BCUT2D eigenvalue weighted by molar-refractivity contribution is 0.405. The summed E-state index contributed by atoms with van der Waals surface area (Å²) < 4.78 is 14.3. The zero-order chi connectivity index (χ0) is 14.9. The number of aryl methyl sites for hydroxylation is 2. The summed E-state index contributed by atoms with van der Waals surface area (Å²) in [6.45, 7) is 2.00. The van der Waals surface area contributed by atoms with Crippen LogP contribution in [0.15, 0.2) is 21.1 Å². The summed E-state index contributed by atoms with van der Waals surface area (Å²) in [7, 11) is 3.41. The van der Waals surface area contributed by atoms with Crippen molar-refractivity contribution in [3.63, 3.8) is 0 Å². The number of rotatable bonds is 4. The zero-order valence-electron chi connectivity index (χ0n) is 11.4. The Morgan fingerprint density at radius 3 is 2.40 bits per heavy atom. The third-order valence-electron chi connectivity index (χ3n) is 2.85. The van der Waals surface area contributed by atoms with Crippen LogP contribution in [-0.4, -0.2) is 16.9 Å². The molecule has 2 rings (SSSR count). The number of benzene rings is 1. The fraction of sp³-hybridized carbons (Fsp3) is 0.308. The largest absolute Gasteiger partial charge is 0.496 e. The molecule has 0 aliphatic rings. The normalized spacial score (nSPS) is 10.7. The van der Waals surface area contributed by atoms with Crippen LogP contribution in [0.1, 0.15) is 12.6 Å². The molecule has 0 atom stereocenters. The van der Waals surface area contributed by atoms with E-state index in [4.69, 9.17) is 15.2 Å². The maximum atomic E-state index is 6.05. The molecule has 0 bridgehead atoms. The molecule has 7 heteroatoms. The number of hydrogen-bond acceptors (Lipinski definition) is 4. The summed E-state index contributed by atoms with van der Waals surface area (Å²) in [6, 6.07) is 3.65. The molecule has 0 spiro atoms. The molecule has 0 unspecified atom stereocenters. The lowest BCUT2D eigenvalue weighted by Crippen LogP contribution is -1.98. The molecular formula is C13H15Br2N3O2. The van der Waals surface area contributed by atoms with Crippen LogP contribution in [0.5, 0.6) is 17.4 Å². The average molecular weight is 405 g/mol. The quantitative estimate of drug-likeness (QED) is 0.839. The number of hydrogen-bond donors (Lipinski definition) is 1. The number of anilines is 1. The molecule has 20 heavy (non-hydrogen) atoms. The van der Waals surface area contributed by atoms with E-state index in [0.29, 0.717) is 17.3 Å². The predicted octanol–water partition coefficient (Wildman–Crippen LogP) is 3.89. The Morgan fingerprint density at radius 1 is 1.25 bits per heavy atom. The lowest BCUT2D eigenvalue weighted by atomic mass is 10.3. The van der Waals surface area contributed by atoms with Gasteiger partial charge in [0.1, 0.15) is 17.2 Å². The minimum atomic E-state index is 0.527. The van der Waals surface area contributed by atoms with Crippen molar-refractivity contribution in [3.8, 4) is 17.4 Å². The number of nitrogens with two attached hydrogens (primary N) is 1. The standard InChI is InChI=1S/C13H15Br2N3O2/c1-4-9-12(16)13(18(2)17-9)20-11-6-7(14)10(19-3)5-8(11)15/h5-6H,4,16H2,1-3H3. The van der Waals surface area contributed by atoms with E-state index >= 15 is 0 Å².